The SMILES string of the molecule is CCc1cc2oc3ccc(-n4c5ccccc5n5c6ccccc6nc45)cc3c2cc1-c1ccc2oc3ccc(N4c5ccccc5C/C=C\C=C/C4C)cc3c2c1. The molecule has 0 radical (unpaired) electrons. The fraction of sp³-hybridized carbons (Fsp3) is 0.0962. The molecule has 6 nitrogen and oxygen atoms in total. The molecule has 0 fully saturated rings. The van der Waals surface area contributed by atoms with Crippen molar-refractivity contribution in [3.05, 3.63) is 175 Å². The van der Waals surface area contributed by atoms with Crippen LogP contribution in [0, 0.1) is 0 Å². The summed E-state index contributed by atoms with van der Waals surface area (Å²) in [7, 11) is 0. The van der Waals surface area contributed by atoms with Crippen molar-refractivity contribution >= 4 is 83.1 Å². The quantitative estimate of drug-likeness (QED) is 0.180. The third-order valence-corrected chi connectivity index (χ3v) is 12.1. The number of anilines is 2. The van der Waals surface area contributed by atoms with Gasteiger partial charge in [-0.25, -0.2) is 4.98 Å². The Kier molecular flexibility index (Phi) is 7.14. The van der Waals surface area contributed by atoms with Crippen LogP contribution in [0.4, 0.5) is 11.4 Å². The van der Waals surface area contributed by atoms with Gasteiger partial charge in [0.15, 0.2) is 0 Å². The zero-order chi connectivity index (χ0) is 38.5. The Hall–Kier alpha value is -7.31. The Balaban J connectivity index is 1.01. The third-order valence-electron chi connectivity index (χ3n) is 12.1. The average molecular weight is 751 g/mol. The van der Waals surface area contributed by atoms with Gasteiger partial charge in [-0.05, 0) is 133 Å². The number of nitrogens with zero attached hydrogens (tertiary/aromatic N) is 4. The summed E-state index contributed by atoms with van der Waals surface area (Å²) in [6.07, 6.45) is 10.6. The average Bonchev–Trinajstić information content (AvgIpc) is 4.01. The molecule has 0 amide bonds. The van der Waals surface area contributed by atoms with E-state index in [1.54, 1.807) is 0 Å². The first kappa shape index (κ1) is 32.9. The van der Waals surface area contributed by atoms with Gasteiger partial charge >= 0.3 is 0 Å². The van der Waals surface area contributed by atoms with E-state index >= 15 is 0 Å². The Bertz CT molecular complexity index is 3520. The highest BCUT2D eigenvalue weighted by molar-refractivity contribution is 6.10. The number of fused-ring (bicyclic) bond motifs is 12. The second kappa shape index (κ2) is 12.6. The van der Waals surface area contributed by atoms with Crippen LogP contribution in [0.3, 0.4) is 0 Å². The van der Waals surface area contributed by atoms with Crippen LogP contribution in [-0.2, 0) is 12.8 Å². The first-order chi connectivity index (χ1) is 28.6. The summed E-state index contributed by atoms with van der Waals surface area (Å²) in [5.41, 5.74) is 16.1. The van der Waals surface area contributed by atoms with Crippen LogP contribution < -0.4 is 4.90 Å². The predicted molar refractivity (Wildman–Crippen MR) is 239 cm³/mol. The van der Waals surface area contributed by atoms with Gasteiger partial charge in [0.05, 0.1) is 27.8 Å². The number of hydrogen-bond donors (Lipinski definition) is 0. The van der Waals surface area contributed by atoms with E-state index in [1.807, 2.05) is 6.07 Å². The van der Waals surface area contributed by atoms with Crippen molar-refractivity contribution in [2.24, 2.45) is 0 Å². The molecule has 0 aliphatic carbocycles. The molecule has 1 aliphatic rings. The lowest BCUT2D eigenvalue weighted by molar-refractivity contribution is 0.668. The van der Waals surface area contributed by atoms with E-state index in [-0.39, 0.29) is 6.04 Å². The number of aryl methyl sites for hydroxylation is 1. The summed E-state index contributed by atoms with van der Waals surface area (Å²) >= 11 is 0. The Morgan fingerprint density at radius 1 is 0.621 bits per heavy atom. The molecule has 0 saturated heterocycles. The highest BCUT2D eigenvalue weighted by Gasteiger charge is 2.22. The monoisotopic (exact) mass is 750 g/mol. The van der Waals surface area contributed by atoms with E-state index in [0.717, 1.165) is 102 Å². The number of allylic oxidation sites excluding steroid dienone is 3. The molecule has 58 heavy (non-hydrogen) atoms. The fourth-order valence-corrected chi connectivity index (χ4v) is 9.34. The van der Waals surface area contributed by atoms with Gasteiger partial charge in [0.25, 0.3) is 0 Å². The summed E-state index contributed by atoms with van der Waals surface area (Å²) in [6.45, 7) is 4.48. The van der Waals surface area contributed by atoms with E-state index < -0.39 is 0 Å². The lowest BCUT2D eigenvalue weighted by Gasteiger charge is -2.31. The van der Waals surface area contributed by atoms with E-state index in [4.69, 9.17) is 13.8 Å². The molecular formula is C52H38N4O2. The molecule has 0 spiro atoms. The van der Waals surface area contributed by atoms with Crippen molar-refractivity contribution in [2.45, 2.75) is 32.7 Å². The second-order valence-electron chi connectivity index (χ2n) is 15.5. The van der Waals surface area contributed by atoms with Crippen molar-refractivity contribution in [3.8, 4) is 16.8 Å². The Morgan fingerprint density at radius 3 is 2.14 bits per heavy atom. The van der Waals surface area contributed by atoms with E-state index in [1.165, 1.54) is 22.4 Å². The molecule has 0 bridgehead atoms. The van der Waals surface area contributed by atoms with Crippen molar-refractivity contribution in [3.63, 3.8) is 0 Å². The van der Waals surface area contributed by atoms with Crippen molar-refractivity contribution < 1.29 is 8.83 Å². The molecule has 12 rings (SSSR count). The zero-order valence-corrected chi connectivity index (χ0v) is 32.2. The zero-order valence-electron chi connectivity index (χ0n) is 32.2. The van der Waals surface area contributed by atoms with Crippen LogP contribution in [0.5, 0.6) is 0 Å². The van der Waals surface area contributed by atoms with E-state index in [2.05, 4.69) is 185 Å². The molecule has 6 heteroatoms. The van der Waals surface area contributed by atoms with Gasteiger partial charge in [0.1, 0.15) is 22.3 Å². The van der Waals surface area contributed by atoms with Crippen LogP contribution in [0.25, 0.3) is 88.5 Å². The largest absolute Gasteiger partial charge is 0.456 e. The first-order valence-electron chi connectivity index (χ1n) is 20.1. The normalized spacial score (nSPS) is 15.8. The smallest absolute Gasteiger partial charge is 0.220 e. The van der Waals surface area contributed by atoms with Crippen LogP contribution in [0.2, 0.25) is 0 Å². The van der Waals surface area contributed by atoms with Crippen LogP contribution in [-0.4, -0.2) is 20.0 Å². The van der Waals surface area contributed by atoms with Gasteiger partial charge in [-0.3, -0.25) is 8.97 Å². The minimum atomic E-state index is 0.154. The first-order valence-corrected chi connectivity index (χ1v) is 20.1. The predicted octanol–water partition coefficient (Wildman–Crippen LogP) is 13.7. The van der Waals surface area contributed by atoms with Gasteiger partial charge in [-0.15, -0.1) is 0 Å². The standard InChI is InChI=1S/C52H38N4O2/c1-3-33-28-51-42(41-30-37(23-26-50(41)58-51)55-46-19-11-12-20-47(46)56-45-18-10-8-16-43(45)53-52(55)56)31-38(33)35-21-24-48-39(27-35)40-29-36(22-25-49(40)57-48)54-32(2)13-5-4-6-14-34-15-7-9-17-44(34)54/h4-13,15-32H,3,14H2,1-2H3/b6-4-,13-5-. The Morgan fingerprint density at radius 2 is 1.29 bits per heavy atom. The maximum Gasteiger partial charge on any atom is 0.220 e. The van der Waals surface area contributed by atoms with Gasteiger partial charge in [0, 0.05) is 39.0 Å². The molecule has 1 atom stereocenters. The summed E-state index contributed by atoms with van der Waals surface area (Å²) in [5.74, 6) is 0.890. The number of hydrogen-bond acceptors (Lipinski definition) is 4. The van der Waals surface area contributed by atoms with Gasteiger partial charge in [0.2, 0.25) is 5.78 Å². The summed E-state index contributed by atoms with van der Waals surface area (Å²) in [6, 6.07) is 50.1. The fourth-order valence-electron chi connectivity index (χ4n) is 9.34. The van der Waals surface area contributed by atoms with Crippen LogP contribution in [0.1, 0.15) is 25.0 Å². The summed E-state index contributed by atoms with van der Waals surface area (Å²) < 4.78 is 17.6. The maximum atomic E-state index is 6.57. The topological polar surface area (TPSA) is 51.8 Å². The van der Waals surface area contributed by atoms with Gasteiger partial charge < -0.3 is 13.7 Å². The Labute approximate surface area is 334 Å². The lowest BCUT2D eigenvalue weighted by Crippen LogP contribution is -2.27. The second-order valence-corrected chi connectivity index (χ2v) is 15.5. The number of benzene rings is 7. The van der Waals surface area contributed by atoms with Crippen molar-refractivity contribution in [1.82, 2.24) is 14.0 Å². The number of para-hydroxylation sites is 5. The van der Waals surface area contributed by atoms with Gasteiger partial charge in [-0.1, -0.05) is 79.8 Å². The van der Waals surface area contributed by atoms with Gasteiger partial charge in [-0.2, -0.15) is 0 Å². The molecule has 11 aromatic rings. The minimum absolute atomic E-state index is 0.154. The molecule has 0 N–H and O–H groups in total. The van der Waals surface area contributed by atoms with E-state index in [0.29, 0.717) is 0 Å². The molecule has 1 unspecified atom stereocenters. The molecular weight excluding hydrogens is 713 g/mol. The highest BCUT2D eigenvalue weighted by atomic mass is 16.3. The molecule has 278 valence electrons. The number of rotatable bonds is 4. The molecule has 1 aliphatic heterocycles. The van der Waals surface area contributed by atoms with Crippen molar-refractivity contribution in [1.29, 1.82) is 0 Å². The molecule has 0 saturated carbocycles. The maximum absolute atomic E-state index is 6.57. The number of imidazole rings is 2. The number of aromatic nitrogens is 3. The third kappa shape index (κ3) is 4.88. The lowest BCUT2D eigenvalue weighted by atomic mass is 9.94. The van der Waals surface area contributed by atoms with Crippen molar-refractivity contribution in [2.75, 3.05) is 4.90 Å². The summed E-state index contributed by atoms with van der Waals surface area (Å²) in [5, 5.41) is 4.38. The summed E-state index contributed by atoms with van der Waals surface area (Å²) in [4.78, 5) is 7.56. The van der Waals surface area contributed by atoms with Crippen LogP contribution >= 0.6 is 0 Å². The molecule has 7 aromatic carbocycles. The minimum Gasteiger partial charge on any atom is -0.456 e. The molecule has 4 aromatic heterocycles. The highest BCUT2D eigenvalue weighted by Crippen LogP contribution is 2.41. The molecule has 5 heterocycles. The van der Waals surface area contributed by atoms with Crippen LogP contribution in [0.15, 0.2) is 173 Å². The van der Waals surface area contributed by atoms with E-state index in [9.17, 15) is 0 Å². The number of furan rings is 2.